The van der Waals surface area contributed by atoms with Crippen LogP contribution in [0, 0.1) is 11.8 Å². The molecule has 3 heteroatoms. The molecule has 0 radical (unpaired) electrons. The minimum atomic E-state index is 0.690. The fourth-order valence-corrected chi connectivity index (χ4v) is 0.776. The van der Waals surface area contributed by atoms with Crippen molar-refractivity contribution in [2.45, 2.75) is 6.92 Å². The summed E-state index contributed by atoms with van der Waals surface area (Å²) < 4.78 is 0. The van der Waals surface area contributed by atoms with E-state index in [1.807, 2.05) is 31.0 Å². The maximum Gasteiger partial charge on any atom is 0.151 e. The topological polar surface area (TPSA) is 29.0 Å². The fourth-order valence-electron chi connectivity index (χ4n) is 0.776. The zero-order valence-electron chi connectivity index (χ0n) is 7.28. The fraction of sp³-hybridized carbons (Fsp3) is 0.333. The first-order chi connectivity index (χ1) is 5.84. The SMILES string of the molecule is CC#CCN(C)c1cccnn1. The number of rotatable bonds is 2. The third kappa shape index (κ3) is 2.24. The lowest BCUT2D eigenvalue weighted by atomic mass is 10.4. The quantitative estimate of drug-likeness (QED) is 0.604. The Morgan fingerprint density at radius 3 is 3.00 bits per heavy atom. The van der Waals surface area contributed by atoms with Gasteiger partial charge in [0.15, 0.2) is 5.82 Å². The summed E-state index contributed by atoms with van der Waals surface area (Å²) in [4.78, 5) is 1.95. The van der Waals surface area contributed by atoms with Crippen LogP contribution in [0.3, 0.4) is 0 Å². The predicted octanol–water partition coefficient (Wildman–Crippen LogP) is 0.936. The van der Waals surface area contributed by atoms with Gasteiger partial charge in [-0.25, -0.2) is 0 Å². The van der Waals surface area contributed by atoms with Gasteiger partial charge in [0.1, 0.15) is 0 Å². The van der Waals surface area contributed by atoms with Crippen LogP contribution in [0.25, 0.3) is 0 Å². The van der Waals surface area contributed by atoms with E-state index in [1.54, 1.807) is 6.20 Å². The Kier molecular flexibility index (Phi) is 3.09. The third-order valence-electron chi connectivity index (χ3n) is 1.44. The highest BCUT2D eigenvalue weighted by atomic mass is 15.2. The molecular formula is C9H11N3. The van der Waals surface area contributed by atoms with Gasteiger partial charge in [-0.05, 0) is 19.1 Å². The van der Waals surface area contributed by atoms with Crippen molar-refractivity contribution in [3.8, 4) is 11.8 Å². The van der Waals surface area contributed by atoms with E-state index in [4.69, 9.17) is 0 Å². The molecule has 0 aliphatic heterocycles. The van der Waals surface area contributed by atoms with Crippen molar-refractivity contribution in [3.63, 3.8) is 0 Å². The molecule has 0 amide bonds. The van der Waals surface area contributed by atoms with Crippen LogP contribution < -0.4 is 4.90 Å². The molecule has 0 unspecified atom stereocenters. The van der Waals surface area contributed by atoms with Gasteiger partial charge < -0.3 is 4.90 Å². The van der Waals surface area contributed by atoms with Gasteiger partial charge in [-0.3, -0.25) is 0 Å². The Morgan fingerprint density at radius 2 is 2.42 bits per heavy atom. The predicted molar refractivity (Wildman–Crippen MR) is 48.8 cm³/mol. The first-order valence-electron chi connectivity index (χ1n) is 3.73. The molecule has 0 atom stereocenters. The largest absolute Gasteiger partial charge is 0.347 e. The van der Waals surface area contributed by atoms with Gasteiger partial charge >= 0.3 is 0 Å². The summed E-state index contributed by atoms with van der Waals surface area (Å²) >= 11 is 0. The molecule has 1 aromatic rings. The van der Waals surface area contributed by atoms with Crippen molar-refractivity contribution in [3.05, 3.63) is 18.3 Å². The molecule has 1 aromatic heterocycles. The van der Waals surface area contributed by atoms with Gasteiger partial charge in [0, 0.05) is 13.2 Å². The van der Waals surface area contributed by atoms with Crippen molar-refractivity contribution in [1.29, 1.82) is 0 Å². The maximum atomic E-state index is 3.94. The Balaban J connectivity index is 2.63. The van der Waals surface area contributed by atoms with Crippen molar-refractivity contribution in [1.82, 2.24) is 10.2 Å². The molecule has 0 fully saturated rings. The molecule has 0 N–H and O–H groups in total. The summed E-state index contributed by atoms with van der Waals surface area (Å²) in [6, 6.07) is 3.77. The molecule has 1 heterocycles. The van der Waals surface area contributed by atoms with E-state index in [-0.39, 0.29) is 0 Å². The van der Waals surface area contributed by atoms with Crippen LogP contribution in [0.1, 0.15) is 6.92 Å². The van der Waals surface area contributed by atoms with E-state index in [9.17, 15) is 0 Å². The first kappa shape index (κ1) is 8.54. The van der Waals surface area contributed by atoms with Crippen LogP contribution in [0.2, 0.25) is 0 Å². The molecule has 0 aliphatic carbocycles. The second-order valence-corrected chi connectivity index (χ2v) is 2.36. The van der Waals surface area contributed by atoms with Crippen LogP contribution in [0.5, 0.6) is 0 Å². The molecule has 0 aliphatic rings. The number of anilines is 1. The second kappa shape index (κ2) is 4.35. The van der Waals surface area contributed by atoms with Crippen LogP contribution in [-0.2, 0) is 0 Å². The van der Waals surface area contributed by atoms with Gasteiger partial charge in [-0.1, -0.05) is 5.92 Å². The lowest BCUT2D eigenvalue weighted by Crippen LogP contribution is -2.18. The van der Waals surface area contributed by atoms with Crippen LogP contribution in [0.4, 0.5) is 5.82 Å². The van der Waals surface area contributed by atoms with E-state index in [2.05, 4.69) is 22.0 Å². The minimum absolute atomic E-state index is 0.690. The van der Waals surface area contributed by atoms with Crippen molar-refractivity contribution in [2.75, 3.05) is 18.5 Å². The highest BCUT2D eigenvalue weighted by molar-refractivity contribution is 5.36. The molecule has 0 bridgehead atoms. The Bertz CT molecular complexity index is 284. The molecule has 3 nitrogen and oxygen atoms in total. The lowest BCUT2D eigenvalue weighted by Gasteiger charge is -2.12. The van der Waals surface area contributed by atoms with Crippen LogP contribution >= 0.6 is 0 Å². The molecule has 0 aromatic carbocycles. The van der Waals surface area contributed by atoms with Gasteiger partial charge in [-0.2, -0.15) is 5.10 Å². The number of hydrogen-bond donors (Lipinski definition) is 0. The standard InChI is InChI=1S/C9H11N3/c1-3-4-8-12(2)9-6-5-7-10-11-9/h5-7H,8H2,1-2H3. The molecule has 0 saturated carbocycles. The van der Waals surface area contributed by atoms with E-state index < -0.39 is 0 Å². The molecule has 1 rings (SSSR count). The second-order valence-electron chi connectivity index (χ2n) is 2.36. The summed E-state index contributed by atoms with van der Waals surface area (Å²) in [7, 11) is 1.94. The third-order valence-corrected chi connectivity index (χ3v) is 1.44. The Labute approximate surface area is 72.4 Å². The summed E-state index contributed by atoms with van der Waals surface area (Å²) in [5.41, 5.74) is 0. The zero-order valence-corrected chi connectivity index (χ0v) is 7.28. The van der Waals surface area contributed by atoms with Gasteiger partial charge in [0.25, 0.3) is 0 Å². The Morgan fingerprint density at radius 1 is 1.58 bits per heavy atom. The van der Waals surface area contributed by atoms with E-state index in [1.165, 1.54) is 0 Å². The van der Waals surface area contributed by atoms with Crippen molar-refractivity contribution < 1.29 is 0 Å². The summed E-state index contributed by atoms with van der Waals surface area (Å²) in [5.74, 6) is 6.63. The average molecular weight is 161 g/mol. The number of hydrogen-bond acceptors (Lipinski definition) is 3. The van der Waals surface area contributed by atoms with E-state index in [0.29, 0.717) is 6.54 Å². The van der Waals surface area contributed by atoms with Gasteiger partial charge in [0.2, 0.25) is 0 Å². The summed E-state index contributed by atoms with van der Waals surface area (Å²) in [5, 5.41) is 7.71. The van der Waals surface area contributed by atoms with Crippen LogP contribution in [0.15, 0.2) is 18.3 Å². The molecule has 0 spiro atoms. The minimum Gasteiger partial charge on any atom is -0.347 e. The van der Waals surface area contributed by atoms with Gasteiger partial charge in [-0.15, -0.1) is 11.0 Å². The first-order valence-corrected chi connectivity index (χ1v) is 3.73. The van der Waals surface area contributed by atoms with Crippen molar-refractivity contribution in [2.24, 2.45) is 0 Å². The average Bonchev–Trinajstić information content (AvgIpc) is 2.15. The molecule has 62 valence electrons. The highest BCUT2D eigenvalue weighted by Gasteiger charge is 1.97. The van der Waals surface area contributed by atoms with E-state index >= 15 is 0 Å². The highest BCUT2D eigenvalue weighted by Crippen LogP contribution is 2.03. The van der Waals surface area contributed by atoms with Crippen LogP contribution in [-0.4, -0.2) is 23.8 Å². The smallest absolute Gasteiger partial charge is 0.151 e. The summed E-state index contributed by atoms with van der Waals surface area (Å²) in [6.07, 6.45) is 1.66. The maximum absolute atomic E-state index is 3.94. The molecular weight excluding hydrogens is 150 g/mol. The van der Waals surface area contributed by atoms with E-state index in [0.717, 1.165) is 5.82 Å². The lowest BCUT2D eigenvalue weighted by molar-refractivity contribution is 0.935. The monoisotopic (exact) mass is 161 g/mol. The summed E-state index contributed by atoms with van der Waals surface area (Å²) in [6.45, 7) is 2.51. The zero-order chi connectivity index (χ0) is 8.81. The van der Waals surface area contributed by atoms with Gasteiger partial charge in [0.05, 0.1) is 6.54 Å². The molecule has 12 heavy (non-hydrogen) atoms. The normalized spacial score (nSPS) is 8.50. The number of aromatic nitrogens is 2. The Hall–Kier alpha value is -1.56. The van der Waals surface area contributed by atoms with Crippen molar-refractivity contribution >= 4 is 5.82 Å². The molecule has 0 saturated heterocycles. The number of nitrogens with zero attached hydrogens (tertiary/aromatic N) is 3.